The van der Waals surface area contributed by atoms with Gasteiger partial charge >= 0.3 is 5.97 Å². The summed E-state index contributed by atoms with van der Waals surface area (Å²) in [6.45, 7) is 0.239. The van der Waals surface area contributed by atoms with Crippen LogP contribution in [-0.2, 0) is 16.4 Å². The number of nitrogens with zero attached hydrogens (tertiary/aromatic N) is 1. The Morgan fingerprint density at radius 1 is 1.22 bits per heavy atom. The van der Waals surface area contributed by atoms with Crippen molar-refractivity contribution in [3.05, 3.63) is 47.2 Å². The molecule has 0 bridgehead atoms. The number of methoxy groups -OCH3 is 1. The van der Waals surface area contributed by atoms with Crippen molar-refractivity contribution >= 4 is 21.9 Å². The number of hydrogen-bond donors (Lipinski definition) is 2. The van der Waals surface area contributed by atoms with E-state index >= 15 is 0 Å². The Morgan fingerprint density at radius 2 is 1.93 bits per heavy atom. The van der Waals surface area contributed by atoms with Crippen molar-refractivity contribution in [1.29, 1.82) is 0 Å². The summed E-state index contributed by atoms with van der Waals surface area (Å²) in [6, 6.07) is 5.64. The van der Waals surface area contributed by atoms with E-state index in [0.717, 1.165) is 22.2 Å². The number of carboxylic acid groups (broad SMARTS) is 1. The van der Waals surface area contributed by atoms with Crippen LogP contribution in [0.15, 0.2) is 40.0 Å². The van der Waals surface area contributed by atoms with Gasteiger partial charge in [0.15, 0.2) is 0 Å². The predicted octanol–water partition coefficient (Wildman–Crippen LogP) is 1.21. The van der Waals surface area contributed by atoms with Crippen LogP contribution in [0, 0.1) is 0 Å². The lowest BCUT2D eigenvalue weighted by Gasteiger charge is -2.10. The molecule has 27 heavy (non-hydrogen) atoms. The van der Waals surface area contributed by atoms with Crippen molar-refractivity contribution in [2.45, 2.75) is 11.5 Å². The van der Waals surface area contributed by atoms with Gasteiger partial charge < -0.3 is 19.6 Å². The number of carboxylic acids is 1. The number of benzene rings is 1. The van der Waals surface area contributed by atoms with E-state index in [4.69, 9.17) is 14.3 Å². The zero-order chi connectivity index (χ0) is 20.2. The highest BCUT2D eigenvalue weighted by molar-refractivity contribution is 7.88. The zero-order valence-corrected chi connectivity index (χ0v) is 15.9. The fourth-order valence-corrected chi connectivity index (χ4v) is 3.05. The average molecular weight is 396 g/mol. The monoisotopic (exact) mass is 396 g/mol. The Balaban J connectivity index is 2.01. The van der Waals surface area contributed by atoms with E-state index in [1.165, 1.54) is 33.3 Å². The lowest BCUT2D eigenvalue weighted by Crippen LogP contribution is -2.25. The smallest absolute Gasteiger partial charge is 0.335 e. The second kappa shape index (κ2) is 8.23. The molecule has 2 rings (SSSR count). The van der Waals surface area contributed by atoms with Crippen LogP contribution in [0.1, 0.15) is 26.3 Å². The number of aromatic carboxylic acids is 1. The molecule has 2 N–H and O–H groups in total. The van der Waals surface area contributed by atoms with Gasteiger partial charge in [-0.2, -0.15) is 0 Å². The SMILES string of the molecule is COc1cc(C(=O)O)ccc1CCNC(=O)c1coc(S(=O)(=O)N(C)C)c1. The summed E-state index contributed by atoms with van der Waals surface area (Å²) in [4.78, 5) is 23.1. The highest BCUT2D eigenvalue weighted by atomic mass is 32.2. The summed E-state index contributed by atoms with van der Waals surface area (Å²) in [5.74, 6) is -1.14. The van der Waals surface area contributed by atoms with E-state index in [0.29, 0.717) is 12.2 Å². The van der Waals surface area contributed by atoms with Crippen molar-refractivity contribution in [1.82, 2.24) is 9.62 Å². The van der Waals surface area contributed by atoms with Crippen LogP contribution in [0.4, 0.5) is 0 Å². The normalized spacial score (nSPS) is 11.4. The molecule has 0 aliphatic heterocycles. The number of nitrogens with one attached hydrogen (secondary N) is 1. The Labute approximate surface area is 156 Å². The van der Waals surface area contributed by atoms with E-state index in [1.807, 2.05) is 0 Å². The molecule has 1 amide bonds. The van der Waals surface area contributed by atoms with Gasteiger partial charge in [-0.15, -0.1) is 0 Å². The van der Waals surface area contributed by atoms with E-state index in [-0.39, 0.29) is 22.8 Å². The fraction of sp³-hybridized carbons (Fsp3) is 0.294. The number of sulfonamides is 1. The quantitative estimate of drug-likeness (QED) is 0.687. The Bertz CT molecular complexity index is 948. The lowest BCUT2D eigenvalue weighted by atomic mass is 10.1. The van der Waals surface area contributed by atoms with Gasteiger partial charge in [-0.05, 0) is 24.1 Å². The third kappa shape index (κ3) is 4.66. The molecule has 146 valence electrons. The summed E-state index contributed by atoms with van der Waals surface area (Å²) in [6.07, 6.45) is 1.48. The molecule has 0 atom stereocenters. The number of carbonyl (C=O) groups excluding carboxylic acids is 1. The predicted molar refractivity (Wildman–Crippen MR) is 95.6 cm³/mol. The largest absolute Gasteiger partial charge is 0.496 e. The molecule has 2 aromatic rings. The molecule has 0 saturated carbocycles. The van der Waals surface area contributed by atoms with Gasteiger partial charge in [-0.25, -0.2) is 17.5 Å². The summed E-state index contributed by atoms with van der Waals surface area (Å²) in [5, 5.41) is 11.3. The van der Waals surface area contributed by atoms with E-state index in [1.54, 1.807) is 6.07 Å². The maximum atomic E-state index is 12.2. The van der Waals surface area contributed by atoms with Crippen molar-refractivity contribution in [3.8, 4) is 5.75 Å². The molecule has 1 heterocycles. The van der Waals surface area contributed by atoms with Crippen LogP contribution in [-0.4, -0.2) is 57.5 Å². The van der Waals surface area contributed by atoms with Crippen molar-refractivity contribution < 1.29 is 32.3 Å². The number of carbonyl (C=O) groups is 2. The molecular weight excluding hydrogens is 376 g/mol. The molecule has 0 aliphatic rings. The minimum absolute atomic E-state index is 0.0867. The third-order valence-electron chi connectivity index (χ3n) is 3.79. The van der Waals surface area contributed by atoms with Crippen LogP contribution >= 0.6 is 0 Å². The molecule has 0 radical (unpaired) electrons. The van der Waals surface area contributed by atoms with Crippen LogP contribution in [0.25, 0.3) is 0 Å². The van der Waals surface area contributed by atoms with Crippen LogP contribution in [0.3, 0.4) is 0 Å². The van der Waals surface area contributed by atoms with Crippen molar-refractivity contribution in [3.63, 3.8) is 0 Å². The van der Waals surface area contributed by atoms with Gasteiger partial charge in [0.2, 0.25) is 5.09 Å². The Kier molecular flexibility index (Phi) is 6.24. The maximum Gasteiger partial charge on any atom is 0.335 e. The van der Waals surface area contributed by atoms with Crippen molar-refractivity contribution in [2.24, 2.45) is 0 Å². The van der Waals surface area contributed by atoms with E-state index in [2.05, 4.69) is 5.32 Å². The average Bonchev–Trinajstić information content (AvgIpc) is 3.12. The van der Waals surface area contributed by atoms with E-state index < -0.39 is 21.9 Å². The van der Waals surface area contributed by atoms with Gasteiger partial charge in [0, 0.05) is 26.7 Å². The molecule has 0 unspecified atom stereocenters. The first-order chi connectivity index (χ1) is 12.7. The van der Waals surface area contributed by atoms with Gasteiger partial charge in [0.1, 0.15) is 12.0 Å². The Morgan fingerprint density at radius 3 is 2.52 bits per heavy atom. The summed E-state index contributed by atoms with van der Waals surface area (Å²) >= 11 is 0. The molecule has 0 spiro atoms. The van der Waals surface area contributed by atoms with E-state index in [9.17, 15) is 18.0 Å². The molecular formula is C17H20N2O7S. The van der Waals surface area contributed by atoms with Gasteiger partial charge in [0.25, 0.3) is 15.9 Å². The minimum atomic E-state index is -3.75. The summed E-state index contributed by atoms with van der Waals surface area (Å²) < 4.78 is 35.1. The first kappa shape index (κ1) is 20.5. The highest BCUT2D eigenvalue weighted by Gasteiger charge is 2.23. The van der Waals surface area contributed by atoms with Gasteiger partial charge in [-0.1, -0.05) is 6.07 Å². The minimum Gasteiger partial charge on any atom is -0.496 e. The number of amides is 1. The van der Waals surface area contributed by atoms with Gasteiger partial charge in [0.05, 0.1) is 18.2 Å². The molecule has 0 fully saturated rings. The fourth-order valence-electron chi connectivity index (χ4n) is 2.25. The number of ether oxygens (including phenoxy) is 1. The second-order valence-electron chi connectivity index (χ2n) is 5.78. The standard InChI is InChI=1S/C17H20N2O7S/c1-19(2)27(23,24)15-9-13(10-26-15)16(20)18-7-6-11-4-5-12(17(21)22)8-14(11)25-3/h4-5,8-10H,6-7H2,1-3H3,(H,18,20)(H,21,22). The first-order valence-corrected chi connectivity index (χ1v) is 9.30. The molecule has 1 aromatic heterocycles. The van der Waals surface area contributed by atoms with Crippen LogP contribution in [0.5, 0.6) is 5.75 Å². The Hall–Kier alpha value is -2.85. The zero-order valence-electron chi connectivity index (χ0n) is 15.1. The first-order valence-electron chi connectivity index (χ1n) is 7.86. The van der Waals surface area contributed by atoms with Crippen LogP contribution < -0.4 is 10.1 Å². The molecule has 0 aliphatic carbocycles. The maximum absolute atomic E-state index is 12.2. The number of rotatable bonds is 8. The highest BCUT2D eigenvalue weighted by Crippen LogP contribution is 2.21. The van der Waals surface area contributed by atoms with Gasteiger partial charge in [-0.3, -0.25) is 4.79 Å². The molecule has 10 heteroatoms. The number of furan rings is 1. The van der Waals surface area contributed by atoms with Crippen molar-refractivity contribution in [2.75, 3.05) is 27.7 Å². The summed E-state index contributed by atoms with van der Waals surface area (Å²) in [5.41, 5.74) is 0.919. The van der Waals surface area contributed by atoms with Crippen LogP contribution in [0.2, 0.25) is 0 Å². The number of hydrogen-bond acceptors (Lipinski definition) is 6. The second-order valence-corrected chi connectivity index (χ2v) is 7.86. The topological polar surface area (TPSA) is 126 Å². The third-order valence-corrected chi connectivity index (χ3v) is 5.47. The lowest BCUT2D eigenvalue weighted by molar-refractivity contribution is 0.0696. The summed E-state index contributed by atoms with van der Waals surface area (Å²) in [7, 11) is 0.404. The molecule has 1 aromatic carbocycles. The molecule has 0 saturated heterocycles. The molecule has 9 nitrogen and oxygen atoms in total.